The maximum atomic E-state index is 10.8. The zero-order chi connectivity index (χ0) is 14.7. The first-order valence-corrected chi connectivity index (χ1v) is 7.18. The molecular formula is C13H8BrCl2NO3. The standard InChI is InChI=1S/C13H8BrCl2NO3/c14-9-2-1-8(7-15)12(5-9)20-13-6-10(17(18)19)3-4-11(13)16/h1-6H,7H2. The summed E-state index contributed by atoms with van der Waals surface area (Å²) in [5.74, 6) is 0.969. The van der Waals surface area contributed by atoms with Gasteiger partial charge in [-0.1, -0.05) is 33.6 Å². The van der Waals surface area contributed by atoms with Gasteiger partial charge in [-0.15, -0.1) is 11.6 Å². The van der Waals surface area contributed by atoms with Crippen LogP contribution in [0.4, 0.5) is 5.69 Å². The molecule has 0 fully saturated rings. The lowest BCUT2D eigenvalue weighted by atomic mass is 10.2. The first-order chi connectivity index (χ1) is 9.51. The summed E-state index contributed by atoms with van der Waals surface area (Å²) in [6, 6.07) is 9.39. The lowest BCUT2D eigenvalue weighted by Gasteiger charge is -2.11. The highest BCUT2D eigenvalue weighted by molar-refractivity contribution is 9.10. The number of nitrogens with zero attached hydrogens (tertiary/aromatic N) is 1. The van der Waals surface area contributed by atoms with Crippen LogP contribution in [-0.4, -0.2) is 4.92 Å². The summed E-state index contributed by atoms with van der Waals surface area (Å²) in [4.78, 5) is 10.3. The van der Waals surface area contributed by atoms with Crippen molar-refractivity contribution >= 4 is 44.8 Å². The van der Waals surface area contributed by atoms with E-state index in [-0.39, 0.29) is 22.3 Å². The normalized spacial score (nSPS) is 10.3. The highest BCUT2D eigenvalue weighted by Gasteiger charge is 2.13. The number of halogens is 3. The van der Waals surface area contributed by atoms with Gasteiger partial charge in [-0.25, -0.2) is 0 Å². The molecule has 0 heterocycles. The van der Waals surface area contributed by atoms with Crippen molar-refractivity contribution in [3.8, 4) is 11.5 Å². The van der Waals surface area contributed by atoms with Crippen molar-refractivity contribution < 1.29 is 9.66 Å². The first-order valence-electron chi connectivity index (χ1n) is 5.47. The molecule has 0 atom stereocenters. The van der Waals surface area contributed by atoms with Crippen LogP contribution in [0.15, 0.2) is 40.9 Å². The zero-order valence-corrected chi connectivity index (χ0v) is 13.1. The second kappa shape index (κ2) is 6.43. The Balaban J connectivity index is 2.41. The second-order valence-corrected chi connectivity index (χ2v) is 5.45. The third-order valence-corrected chi connectivity index (χ3v) is 3.61. The molecular weight excluding hydrogens is 369 g/mol. The number of non-ortho nitro benzene ring substituents is 1. The van der Waals surface area contributed by atoms with Crippen LogP contribution in [0.25, 0.3) is 0 Å². The Hall–Kier alpha value is -1.30. The van der Waals surface area contributed by atoms with Crippen molar-refractivity contribution in [1.82, 2.24) is 0 Å². The lowest BCUT2D eigenvalue weighted by molar-refractivity contribution is -0.384. The third-order valence-electron chi connectivity index (χ3n) is 2.52. The summed E-state index contributed by atoms with van der Waals surface area (Å²) >= 11 is 15.2. The molecule has 0 aliphatic rings. The number of nitro benzene ring substituents is 1. The Kier molecular flexibility index (Phi) is 4.86. The Morgan fingerprint density at radius 3 is 2.60 bits per heavy atom. The molecule has 0 saturated heterocycles. The molecule has 20 heavy (non-hydrogen) atoms. The van der Waals surface area contributed by atoms with Crippen molar-refractivity contribution in [3.63, 3.8) is 0 Å². The van der Waals surface area contributed by atoms with Crippen molar-refractivity contribution in [3.05, 3.63) is 61.6 Å². The van der Waals surface area contributed by atoms with Crippen LogP contribution in [0.1, 0.15) is 5.56 Å². The van der Waals surface area contributed by atoms with E-state index in [2.05, 4.69) is 15.9 Å². The van der Waals surface area contributed by atoms with Crippen molar-refractivity contribution in [2.45, 2.75) is 5.88 Å². The summed E-state index contributed by atoms with van der Waals surface area (Å²) in [5.41, 5.74) is 0.671. The van der Waals surface area contributed by atoms with Crippen molar-refractivity contribution in [2.24, 2.45) is 0 Å². The van der Waals surface area contributed by atoms with E-state index in [0.29, 0.717) is 5.75 Å². The predicted molar refractivity (Wildman–Crippen MR) is 81.9 cm³/mol. The molecule has 104 valence electrons. The van der Waals surface area contributed by atoms with E-state index >= 15 is 0 Å². The minimum atomic E-state index is -0.507. The highest BCUT2D eigenvalue weighted by atomic mass is 79.9. The number of ether oxygens (including phenoxy) is 1. The van der Waals surface area contributed by atoms with Gasteiger partial charge in [0.05, 0.1) is 21.9 Å². The lowest BCUT2D eigenvalue weighted by Crippen LogP contribution is -1.93. The largest absolute Gasteiger partial charge is 0.455 e. The molecule has 7 heteroatoms. The van der Waals surface area contributed by atoms with Gasteiger partial charge in [0.2, 0.25) is 0 Å². The molecule has 2 rings (SSSR count). The Morgan fingerprint density at radius 2 is 1.95 bits per heavy atom. The zero-order valence-electron chi connectivity index (χ0n) is 9.98. The van der Waals surface area contributed by atoms with Gasteiger partial charge in [0.15, 0.2) is 5.75 Å². The van der Waals surface area contributed by atoms with E-state index in [9.17, 15) is 10.1 Å². The molecule has 0 bridgehead atoms. The van der Waals surface area contributed by atoms with Crippen LogP contribution >= 0.6 is 39.1 Å². The van der Waals surface area contributed by atoms with Crippen LogP contribution < -0.4 is 4.74 Å². The van der Waals surface area contributed by atoms with Gasteiger partial charge in [0.1, 0.15) is 5.75 Å². The van der Waals surface area contributed by atoms with Gasteiger partial charge in [-0.05, 0) is 18.2 Å². The molecule has 0 aliphatic carbocycles. The second-order valence-electron chi connectivity index (χ2n) is 3.86. The topological polar surface area (TPSA) is 52.4 Å². The van der Waals surface area contributed by atoms with Gasteiger partial charge >= 0.3 is 0 Å². The summed E-state index contributed by atoms with van der Waals surface area (Å²) < 4.78 is 6.46. The van der Waals surface area contributed by atoms with E-state index in [1.165, 1.54) is 18.2 Å². The van der Waals surface area contributed by atoms with E-state index in [1.807, 2.05) is 6.07 Å². The number of nitro groups is 1. The Labute approximate surface area is 133 Å². The van der Waals surface area contributed by atoms with Gasteiger partial charge < -0.3 is 4.74 Å². The molecule has 0 amide bonds. The first kappa shape index (κ1) is 15.1. The van der Waals surface area contributed by atoms with E-state index in [0.717, 1.165) is 10.0 Å². The molecule has 0 unspecified atom stereocenters. The molecule has 0 aliphatic heterocycles. The summed E-state index contributed by atoms with van der Waals surface area (Å²) in [7, 11) is 0. The van der Waals surface area contributed by atoms with Crippen LogP contribution in [-0.2, 0) is 5.88 Å². The van der Waals surface area contributed by atoms with Gasteiger partial charge in [-0.2, -0.15) is 0 Å². The fraction of sp³-hybridized carbons (Fsp3) is 0.0769. The third kappa shape index (κ3) is 3.42. The number of benzene rings is 2. The smallest absolute Gasteiger partial charge is 0.273 e. The van der Waals surface area contributed by atoms with Crippen LogP contribution in [0.5, 0.6) is 11.5 Å². The predicted octanol–water partition coefficient (Wildman–Crippen LogP) is 5.54. The Bertz CT molecular complexity index is 664. The van der Waals surface area contributed by atoms with E-state index < -0.39 is 4.92 Å². The average molecular weight is 377 g/mol. The van der Waals surface area contributed by atoms with Crippen LogP contribution in [0.3, 0.4) is 0 Å². The van der Waals surface area contributed by atoms with Crippen molar-refractivity contribution in [2.75, 3.05) is 0 Å². The van der Waals surface area contributed by atoms with Crippen molar-refractivity contribution in [1.29, 1.82) is 0 Å². The monoisotopic (exact) mass is 375 g/mol. The molecule has 4 nitrogen and oxygen atoms in total. The van der Waals surface area contributed by atoms with Gasteiger partial charge in [0.25, 0.3) is 5.69 Å². The molecule has 2 aromatic rings. The van der Waals surface area contributed by atoms with Crippen LogP contribution in [0.2, 0.25) is 5.02 Å². The molecule has 2 aromatic carbocycles. The average Bonchev–Trinajstić information content (AvgIpc) is 2.41. The van der Waals surface area contributed by atoms with E-state index in [4.69, 9.17) is 27.9 Å². The molecule has 0 spiro atoms. The SMILES string of the molecule is O=[N+]([O-])c1ccc(Cl)c(Oc2cc(Br)ccc2CCl)c1. The summed E-state index contributed by atoms with van der Waals surface area (Å²) in [6.07, 6.45) is 0. The fourth-order valence-electron chi connectivity index (χ4n) is 1.54. The van der Waals surface area contributed by atoms with Crippen LogP contribution in [0, 0.1) is 10.1 Å². The summed E-state index contributed by atoms with van der Waals surface area (Å²) in [5, 5.41) is 11.1. The van der Waals surface area contributed by atoms with Gasteiger partial charge in [-0.3, -0.25) is 10.1 Å². The van der Waals surface area contributed by atoms with Gasteiger partial charge in [0, 0.05) is 16.1 Å². The number of hydrogen-bond acceptors (Lipinski definition) is 3. The maximum absolute atomic E-state index is 10.8. The quantitative estimate of drug-likeness (QED) is 0.399. The minimum Gasteiger partial charge on any atom is -0.455 e. The minimum absolute atomic E-state index is 0.0909. The highest BCUT2D eigenvalue weighted by Crippen LogP contribution is 2.35. The Morgan fingerprint density at radius 1 is 1.20 bits per heavy atom. The number of rotatable bonds is 4. The fourth-order valence-corrected chi connectivity index (χ4v) is 2.25. The number of alkyl halides is 1. The number of hydrogen-bond donors (Lipinski definition) is 0. The molecule has 0 N–H and O–H groups in total. The molecule has 0 saturated carbocycles. The van der Waals surface area contributed by atoms with E-state index in [1.54, 1.807) is 12.1 Å². The maximum Gasteiger partial charge on any atom is 0.273 e. The molecule has 0 aromatic heterocycles. The molecule has 0 radical (unpaired) electrons. The summed E-state index contributed by atoms with van der Waals surface area (Å²) in [6.45, 7) is 0.